The molecule has 37 heavy (non-hydrogen) atoms. The number of aliphatic imine (C=N–C) groups is 1. The SMILES string of the molecule is NCC(=O)NC(CCC(N)=O)C(=O)NC(Cc1ccc(O)cc1)C(=O)NC(CCCN=C(N)N)C(=O)O. The van der Waals surface area contributed by atoms with Gasteiger partial charge in [-0.15, -0.1) is 0 Å². The second kappa shape index (κ2) is 15.6. The maximum Gasteiger partial charge on any atom is 0.326 e. The van der Waals surface area contributed by atoms with Gasteiger partial charge in [0.25, 0.3) is 0 Å². The Morgan fingerprint density at radius 2 is 1.46 bits per heavy atom. The monoisotopic (exact) mass is 522 g/mol. The third kappa shape index (κ3) is 12.2. The van der Waals surface area contributed by atoms with Crippen LogP contribution in [-0.4, -0.2) is 77.0 Å². The fourth-order valence-corrected chi connectivity index (χ4v) is 3.19. The molecule has 0 saturated heterocycles. The molecule has 0 radical (unpaired) electrons. The molecule has 0 fully saturated rings. The normalized spacial score (nSPS) is 12.9. The molecule has 1 aromatic carbocycles. The molecule has 1 aromatic rings. The van der Waals surface area contributed by atoms with Gasteiger partial charge in [-0.2, -0.15) is 0 Å². The van der Waals surface area contributed by atoms with E-state index in [4.69, 9.17) is 22.9 Å². The lowest BCUT2D eigenvalue weighted by Gasteiger charge is -2.24. The van der Waals surface area contributed by atoms with Crippen LogP contribution in [0.5, 0.6) is 5.75 Å². The summed E-state index contributed by atoms with van der Waals surface area (Å²) in [4.78, 5) is 64.5. The number of hydrogen-bond acceptors (Lipinski definition) is 8. The highest BCUT2D eigenvalue weighted by atomic mass is 16.4. The molecule has 3 atom stereocenters. The van der Waals surface area contributed by atoms with Crippen molar-refractivity contribution in [3.63, 3.8) is 0 Å². The van der Waals surface area contributed by atoms with E-state index >= 15 is 0 Å². The van der Waals surface area contributed by atoms with Crippen molar-refractivity contribution in [1.29, 1.82) is 0 Å². The first-order chi connectivity index (χ1) is 17.4. The Morgan fingerprint density at radius 3 is 2.00 bits per heavy atom. The summed E-state index contributed by atoms with van der Waals surface area (Å²) in [6, 6.07) is 2.00. The van der Waals surface area contributed by atoms with Crippen molar-refractivity contribution in [1.82, 2.24) is 16.0 Å². The summed E-state index contributed by atoms with van der Waals surface area (Å²) in [6.07, 6.45) is -0.195. The van der Waals surface area contributed by atoms with Crippen molar-refractivity contribution in [3.05, 3.63) is 29.8 Å². The highest BCUT2D eigenvalue weighted by molar-refractivity contribution is 5.94. The van der Waals surface area contributed by atoms with Crippen LogP contribution in [0.1, 0.15) is 31.2 Å². The summed E-state index contributed by atoms with van der Waals surface area (Å²) in [5.41, 5.74) is 21.5. The molecule has 0 aliphatic rings. The quantitative estimate of drug-likeness (QED) is 0.0593. The van der Waals surface area contributed by atoms with Crippen LogP contribution in [0.3, 0.4) is 0 Å². The third-order valence-corrected chi connectivity index (χ3v) is 5.09. The van der Waals surface area contributed by atoms with E-state index in [1.807, 2.05) is 0 Å². The number of carbonyl (C=O) groups is 5. The molecule has 0 aliphatic carbocycles. The van der Waals surface area contributed by atoms with E-state index in [0.29, 0.717) is 5.56 Å². The minimum atomic E-state index is -1.30. The number of primary amides is 1. The molecule has 204 valence electrons. The summed E-state index contributed by atoms with van der Waals surface area (Å²) in [6.45, 7) is -0.268. The lowest BCUT2D eigenvalue weighted by atomic mass is 10.0. The number of benzene rings is 1. The van der Waals surface area contributed by atoms with Crippen molar-refractivity contribution in [2.45, 2.75) is 50.2 Å². The molecule has 0 aromatic heterocycles. The van der Waals surface area contributed by atoms with Gasteiger partial charge in [0.2, 0.25) is 23.6 Å². The molecule has 15 heteroatoms. The number of carboxylic acid groups (broad SMARTS) is 1. The summed E-state index contributed by atoms with van der Waals surface area (Å²) in [5.74, 6) is -4.46. The van der Waals surface area contributed by atoms with Gasteiger partial charge in [-0.1, -0.05) is 12.1 Å². The van der Waals surface area contributed by atoms with Crippen LogP contribution >= 0.6 is 0 Å². The Hall–Kier alpha value is -4.40. The summed E-state index contributed by atoms with van der Waals surface area (Å²) >= 11 is 0. The number of phenolic OH excluding ortho intramolecular Hbond substituents is 1. The Bertz CT molecular complexity index is 980. The van der Waals surface area contributed by atoms with Gasteiger partial charge in [-0.25, -0.2) is 4.79 Å². The molecule has 3 unspecified atom stereocenters. The molecular weight excluding hydrogens is 488 g/mol. The van der Waals surface area contributed by atoms with Gasteiger partial charge in [0.15, 0.2) is 5.96 Å². The van der Waals surface area contributed by atoms with Crippen molar-refractivity contribution >= 4 is 35.6 Å². The van der Waals surface area contributed by atoms with Crippen LogP contribution in [0.15, 0.2) is 29.3 Å². The fraction of sp³-hybridized carbons (Fsp3) is 0.455. The number of aromatic hydroxyl groups is 1. The number of hydrogen-bond donors (Lipinski definition) is 9. The number of nitrogens with zero attached hydrogens (tertiary/aromatic N) is 1. The van der Waals surface area contributed by atoms with E-state index in [1.165, 1.54) is 24.3 Å². The minimum Gasteiger partial charge on any atom is -0.508 e. The average molecular weight is 523 g/mol. The predicted molar refractivity (Wildman–Crippen MR) is 133 cm³/mol. The Kier molecular flexibility index (Phi) is 12.9. The van der Waals surface area contributed by atoms with E-state index < -0.39 is 54.3 Å². The summed E-state index contributed by atoms with van der Waals surface area (Å²) in [5, 5.41) is 26.3. The first kappa shape index (κ1) is 30.6. The number of guanidine groups is 1. The molecule has 0 heterocycles. The van der Waals surface area contributed by atoms with Gasteiger partial charge in [0.1, 0.15) is 23.9 Å². The molecule has 13 N–H and O–H groups in total. The number of aliphatic carboxylic acids is 1. The number of nitrogens with one attached hydrogen (secondary N) is 3. The zero-order chi connectivity index (χ0) is 28.0. The number of amides is 4. The van der Waals surface area contributed by atoms with Crippen LogP contribution < -0.4 is 38.9 Å². The molecule has 0 saturated carbocycles. The smallest absolute Gasteiger partial charge is 0.326 e. The van der Waals surface area contributed by atoms with E-state index in [1.54, 1.807) is 0 Å². The van der Waals surface area contributed by atoms with E-state index in [2.05, 4.69) is 20.9 Å². The van der Waals surface area contributed by atoms with Crippen LogP contribution in [0.25, 0.3) is 0 Å². The fourth-order valence-electron chi connectivity index (χ4n) is 3.19. The zero-order valence-corrected chi connectivity index (χ0v) is 20.2. The van der Waals surface area contributed by atoms with E-state index in [0.717, 1.165) is 0 Å². The largest absolute Gasteiger partial charge is 0.508 e. The number of carbonyl (C=O) groups excluding carboxylic acids is 4. The average Bonchev–Trinajstić information content (AvgIpc) is 2.83. The number of rotatable bonds is 16. The molecule has 0 spiro atoms. The van der Waals surface area contributed by atoms with Gasteiger partial charge in [0, 0.05) is 19.4 Å². The molecule has 4 amide bonds. The number of nitrogens with two attached hydrogens (primary N) is 4. The van der Waals surface area contributed by atoms with Crippen LogP contribution in [0.2, 0.25) is 0 Å². The standard InChI is InChI=1S/C22H34N8O7/c23-11-18(33)28-14(7-8-17(24)32)19(34)30-16(10-12-3-5-13(31)6-4-12)20(35)29-15(21(36)37)2-1-9-27-22(25)26/h3-6,14-16,31H,1-2,7-11,23H2,(H2,24,32)(H,28,33)(H,29,35)(H,30,34)(H,36,37)(H4,25,26,27). The molecule has 15 nitrogen and oxygen atoms in total. The van der Waals surface area contributed by atoms with Gasteiger partial charge in [-0.05, 0) is 37.0 Å². The molecule has 0 aliphatic heterocycles. The molecular formula is C22H34N8O7. The van der Waals surface area contributed by atoms with Gasteiger partial charge < -0.3 is 49.1 Å². The maximum absolute atomic E-state index is 13.1. The summed E-state index contributed by atoms with van der Waals surface area (Å²) < 4.78 is 0. The summed E-state index contributed by atoms with van der Waals surface area (Å²) in [7, 11) is 0. The lowest BCUT2D eigenvalue weighted by molar-refractivity contribution is -0.142. The lowest BCUT2D eigenvalue weighted by Crippen LogP contribution is -2.57. The number of carboxylic acids is 1. The third-order valence-electron chi connectivity index (χ3n) is 5.09. The van der Waals surface area contributed by atoms with Crippen LogP contribution in [0, 0.1) is 0 Å². The van der Waals surface area contributed by atoms with Crippen molar-refractivity contribution in [2.75, 3.05) is 13.1 Å². The Balaban J connectivity index is 3.09. The van der Waals surface area contributed by atoms with Crippen LogP contribution in [-0.2, 0) is 30.4 Å². The Labute approximate surface area is 213 Å². The molecule has 1 rings (SSSR count). The van der Waals surface area contributed by atoms with Gasteiger partial charge in [0.05, 0.1) is 6.54 Å². The minimum absolute atomic E-state index is 0.00548. The van der Waals surface area contributed by atoms with Crippen LogP contribution in [0.4, 0.5) is 0 Å². The predicted octanol–water partition coefficient (Wildman–Crippen LogP) is -3.25. The van der Waals surface area contributed by atoms with Gasteiger partial charge >= 0.3 is 5.97 Å². The van der Waals surface area contributed by atoms with E-state index in [-0.39, 0.29) is 50.4 Å². The second-order valence-electron chi connectivity index (χ2n) is 8.11. The van der Waals surface area contributed by atoms with Crippen molar-refractivity contribution in [3.8, 4) is 5.75 Å². The Morgan fingerprint density at radius 1 is 0.865 bits per heavy atom. The topological polar surface area (TPSA) is 278 Å². The second-order valence-corrected chi connectivity index (χ2v) is 8.11. The van der Waals surface area contributed by atoms with E-state index in [9.17, 15) is 34.2 Å². The first-order valence-electron chi connectivity index (χ1n) is 11.4. The van der Waals surface area contributed by atoms with Crippen molar-refractivity contribution < 1.29 is 34.2 Å². The highest BCUT2D eigenvalue weighted by Gasteiger charge is 2.29. The molecule has 0 bridgehead atoms. The zero-order valence-electron chi connectivity index (χ0n) is 20.2. The maximum atomic E-state index is 13.1. The highest BCUT2D eigenvalue weighted by Crippen LogP contribution is 2.12. The number of phenols is 1. The van der Waals surface area contributed by atoms with Crippen molar-refractivity contribution in [2.24, 2.45) is 27.9 Å². The first-order valence-corrected chi connectivity index (χ1v) is 11.4. The van der Waals surface area contributed by atoms with Gasteiger partial charge in [-0.3, -0.25) is 24.2 Å².